The van der Waals surface area contributed by atoms with Gasteiger partial charge in [-0.3, -0.25) is 0 Å². The zero-order valence-electron chi connectivity index (χ0n) is 66.5. The first-order valence-electron chi connectivity index (χ1n) is 41.7. The molecule has 0 radical (unpaired) electrons. The van der Waals surface area contributed by atoms with Crippen LogP contribution in [0.25, 0.3) is 66.5 Å². The van der Waals surface area contributed by atoms with Crippen LogP contribution in [-0.2, 0) is 0 Å². The Hall–Kier alpha value is -15.3. The maximum absolute atomic E-state index is 2.58. The third kappa shape index (κ3) is 14.5. The Labute approximate surface area is 704 Å². The molecule has 0 heteroatoms. The molecule has 0 spiro atoms. The molecule has 0 amide bonds. The van der Waals surface area contributed by atoms with Crippen molar-refractivity contribution in [2.24, 2.45) is 0 Å². The predicted octanol–water partition coefficient (Wildman–Crippen LogP) is 30.0. The summed E-state index contributed by atoms with van der Waals surface area (Å²) in [5.41, 5.74) is 40.1. The minimum atomic E-state index is -0.149. The number of benzene rings is 18. The predicted molar refractivity (Wildman–Crippen MR) is 505 cm³/mol. The smallest absolute Gasteiger partial charge is 0.0285 e. The van der Waals surface area contributed by atoms with Crippen LogP contribution in [0.4, 0.5) is 0 Å². The molecule has 0 nitrogen and oxygen atoms in total. The van der Waals surface area contributed by atoms with Gasteiger partial charge in [0.25, 0.3) is 0 Å². The Morgan fingerprint density at radius 3 is 0.450 bits per heavy atom. The lowest BCUT2D eigenvalue weighted by atomic mass is 9.70. The maximum atomic E-state index is 2.58. The molecule has 20 rings (SSSR count). The van der Waals surface area contributed by atoms with Gasteiger partial charge in [-0.15, -0.1) is 0 Å². The molecule has 0 fully saturated rings. The van der Waals surface area contributed by atoms with Crippen molar-refractivity contribution in [1.82, 2.24) is 0 Å². The molecule has 18 aromatic rings. The number of hydrogen-bond acceptors (Lipinski definition) is 0. The van der Waals surface area contributed by atoms with Gasteiger partial charge in [-0.25, -0.2) is 0 Å². The fraction of sp³-hybridized carbons (Fsp3) is 0.0167. The number of allylic oxidation sites excluding steroid dienone is 2. The van der Waals surface area contributed by atoms with Crippen molar-refractivity contribution in [1.29, 1.82) is 0 Å². The molecule has 0 saturated heterocycles. The summed E-state index contributed by atoms with van der Waals surface area (Å²) in [6, 6.07) is 179. The molecule has 2 aliphatic carbocycles. The molecular formula is C120H84. The van der Waals surface area contributed by atoms with Crippen LogP contribution in [0, 0.1) is 0 Å². The van der Waals surface area contributed by atoms with Crippen LogP contribution in [0.3, 0.4) is 0 Å². The Kier molecular flexibility index (Phi) is 20.5. The van der Waals surface area contributed by atoms with E-state index in [9.17, 15) is 0 Å². The first-order chi connectivity index (χ1) is 59.6. The second-order valence-corrected chi connectivity index (χ2v) is 31.1. The van der Waals surface area contributed by atoms with Crippen LogP contribution in [-0.4, -0.2) is 0 Å². The van der Waals surface area contributed by atoms with E-state index in [-0.39, 0.29) is 11.8 Å². The summed E-state index contributed by atoms with van der Waals surface area (Å²) in [4.78, 5) is 0. The lowest BCUT2D eigenvalue weighted by Crippen LogP contribution is -2.13. The van der Waals surface area contributed by atoms with Crippen molar-refractivity contribution >= 4 is 66.5 Å². The first-order valence-corrected chi connectivity index (χ1v) is 41.7. The molecule has 564 valence electrons. The molecule has 2 atom stereocenters. The average molecular weight is 1530 g/mol. The molecule has 18 aromatic carbocycles. The van der Waals surface area contributed by atoms with Crippen LogP contribution in [0.1, 0.15) is 145 Å². The van der Waals surface area contributed by atoms with Crippen LogP contribution in [0.15, 0.2) is 497 Å². The van der Waals surface area contributed by atoms with E-state index in [1.54, 1.807) is 0 Å². The van der Waals surface area contributed by atoms with Crippen molar-refractivity contribution in [2.45, 2.75) is 11.8 Å². The van der Waals surface area contributed by atoms with Gasteiger partial charge in [0.15, 0.2) is 0 Å². The van der Waals surface area contributed by atoms with E-state index in [2.05, 4.69) is 497 Å². The Morgan fingerprint density at radius 2 is 0.283 bits per heavy atom. The van der Waals surface area contributed by atoms with Crippen molar-refractivity contribution in [3.05, 3.63) is 631 Å². The van der Waals surface area contributed by atoms with Gasteiger partial charge in [0.05, 0.1) is 0 Å². The number of rotatable bonds is 20. The Bertz CT molecular complexity index is 6280. The molecule has 0 aromatic heterocycles. The highest BCUT2D eigenvalue weighted by molar-refractivity contribution is 6.13. The highest BCUT2D eigenvalue weighted by atomic mass is 14.4. The normalized spacial score (nSPS) is 13.1. The third-order valence-electron chi connectivity index (χ3n) is 24.0. The Morgan fingerprint density at radius 1 is 0.133 bits per heavy atom. The highest BCUT2D eigenvalue weighted by Crippen LogP contribution is 2.53. The van der Waals surface area contributed by atoms with Crippen molar-refractivity contribution in [3.8, 4) is 0 Å². The molecule has 0 N–H and O–H groups in total. The molecule has 2 unspecified atom stereocenters. The van der Waals surface area contributed by atoms with Gasteiger partial charge >= 0.3 is 0 Å². The molecule has 120 heavy (non-hydrogen) atoms. The summed E-state index contributed by atoms with van der Waals surface area (Å²) >= 11 is 0. The van der Waals surface area contributed by atoms with E-state index in [0.717, 1.165) is 77.9 Å². The second kappa shape index (κ2) is 33.5. The van der Waals surface area contributed by atoms with E-state index in [1.807, 2.05) is 0 Å². The molecular weight excluding hydrogens is 1440 g/mol. The quantitative estimate of drug-likeness (QED) is 0.0667. The zero-order chi connectivity index (χ0) is 79.9. The lowest BCUT2D eigenvalue weighted by molar-refractivity contribution is 1.00. The number of hydrogen-bond donors (Lipinski definition) is 0. The van der Waals surface area contributed by atoms with E-state index in [0.29, 0.717) is 0 Å². The van der Waals surface area contributed by atoms with Gasteiger partial charge in [-0.1, -0.05) is 497 Å². The second-order valence-electron chi connectivity index (χ2n) is 31.1. The maximum Gasteiger partial charge on any atom is 0.0285 e. The minimum absolute atomic E-state index is 0.149. The molecule has 0 aliphatic heterocycles. The van der Waals surface area contributed by atoms with Gasteiger partial charge in [0.2, 0.25) is 0 Å². The van der Waals surface area contributed by atoms with Crippen LogP contribution >= 0.6 is 0 Å². The van der Waals surface area contributed by atoms with Gasteiger partial charge in [0, 0.05) is 11.8 Å². The van der Waals surface area contributed by atoms with E-state index >= 15 is 0 Å². The first kappa shape index (κ1) is 73.5. The fourth-order valence-electron chi connectivity index (χ4n) is 18.5. The largest absolute Gasteiger partial charge is 0.0641 e. The lowest BCUT2D eigenvalue weighted by Gasteiger charge is -2.33. The summed E-state index contributed by atoms with van der Waals surface area (Å²) in [5, 5.41) is 2.55. The standard InChI is InChI=1S/C120H84/c1-13-37-87(38-14-1)111(88-39-15-2-16-40-88)115(95-53-29-9-30-54-95)99-69-61-83(62-70-99)107-81-108(84-63-71-100(72-64-84)116(96-55-31-10-32-56-96)112(89-41-17-3-18-42-89)90-43-19-4-20-44-90)104-79-80-106-110(86-67-75-102(76-68-86)118(98-59-35-12-36-60-98)114(93-49-25-7-26-50-93)94-51-27-8-28-52-94)82-109(105-78-77-103(107)119(104)120(105)106)85-65-73-101(74-66-85)117(97-57-33-11-34-58-97)113(91-45-21-5-22-46-91)92-47-23-6-24-48-92/h1-82,107,109H. The van der Waals surface area contributed by atoms with Crippen molar-refractivity contribution in [3.63, 3.8) is 0 Å². The monoisotopic (exact) mass is 1520 g/mol. The van der Waals surface area contributed by atoms with E-state index in [4.69, 9.17) is 0 Å². The molecule has 0 bridgehead atoms. The Balaban J connectivity index is 0.811. The minimum Gasteiger partial charge on any atom is -0.0641 e. The summed E-state index contributed by atoms with van der Waals surface area (Å²) in [7, 11) is 0. The molecule has 0 saturated carbocycles. The zero-order valence-corrected chi connectivity index (χ0v) is 66.5. The molecule has 2 aliphatic rings. The van der Waals surface area contributed by atoms with Crippen molar-refractivity contribution < 1.29 is 0 Å². The third-order valence-corrected chi connectivity index (χ3v) is 24.0. The summed E-state index contributed by atoms with van der Waals surface area (Å²) < 4.78 is 0. The van der Waals surface area contributed by atoms with Gasteiger partial charge in [0.1, 0.15) is 0 Å². The summed E-state index contributed by atoms with van der Waals surface area (Å²) in [5.74, 6) is -0.297. The highest BCUT2D eigenvalue weighted by Gasteiger charge is 2.33. The fourth-order valence-corrected chi connectivity index (χ4v) is 18.5. The summed E-state index contributed by atoms with van der Waals surface area (Å²) in [6.07, 6.45) is 5.15. The van der Waals surface area contributed by atoms with E-state index < -0.39 is 0 Å². The van der Waals surface area contributed by atoms with Crippen molar-refractivity contribution in [2.75, 3.05) is 0 Å². The van der Waals surface area contributed by atoms with Gasteiger partial charge in [-0.05, 0) is 200 Å². The summed E-state index contributed by atoms with van der Waals surface area (Å²) in [6.45, 7) is 0. The van der Waals surface area contributed by atoms with E-state index in [1.165, 1.54) is 122 Å². The van der Waals surface area contributed by atoms with Gasteiger partial charge < -0.3 is 0 Å². The van der Waals surface area contributed by atoms with Gasteiger partial charge in [-0.2, -0.15) is 0 Å². The topological polar surface area (TPSA) is 0 Å². The SMILES string of the molecule is C1=C(c2ccc(C(=C(c3ccccc3)c3ccccc3)c3ccccc3)cc2)c2ccc3c4c(ccc(c24)C1c1ccc(C(=C(c2ccccc2)c2ccccc2)c2ccccc2)cc1)C(c1ccc(C(=C(c2ccccc2)c2ccccc2)c2ccccc2)cc1)C=C3c1ccc(C(=C(c2ccccc2)c2ccccc2)c2ccccc2)cc1. The van der Waals surface area contributed by atoms with Crippen LogP contribution in [0.2, 0.25) is 0 Å². The average Bonchev–Trinajstić information content (AvgIpc) is 0.705. The van der Waals surface area contributed by atoms with Crippen LogP contribution in [0.5, 0.6) is 0 Å². The molecule has 0 heterocycles. The van der Waals surface area contributed by atoms with Crippen LogP contribution < -0.4 is 0 Å².